The van der Waals surface area contributed by atoms with Gasteiger partial charge in [-0.15, -0.1) is 0 Å². The summed E-state index contributed by atoms with van der Waals surface area (Å²) >= 11 is 12.4. The summed E-state index contributed by atoms with van der Waals surface area (Å²) in [5, 5.41) is 25.1. The highest BCUT2D eigenvalue weighted by molar-refractivity contribution is 6.30. The van der Waals surface area contributed by atoms with Gasteiger partial charge in [0.1, 0.15) is 36.9 Å². The van der Waals surface area contributed by atoms with E-state index >= 15 is 0 Å². The zero-order chi connectivity index (χ0) is 60.7. The largest absolute Gasteiger partial charge is 0.382 e. The fraction of sp³-hybridized carbons (Fsp3) is 0.571. The van der Waals surface area contributed by atoms with Crippen LogP contribution in [0.25, 0.3) is 0 Å². The van der Waals surface area contributed by atoms with Crippen LogP contribution in [0.2, 0.25) is 10.0 Å². The molecule has 2 amide bonds. The number of hydrogen-bond acceptors (Lipinski definition) is 10. The molecule has 0 radical (unpaired) electrons. The Bertz CT molecular complexity index is 2830. The monoisotopic (exact) mass is 1240 g/mol. The molecule has 4 saturated carbocycles. The summed E-state index contributed by atoms with van der Waals surface area (Å²) in [5.74, 6) is 1.35. The standard InChI is InChI=1S/2C35H46ClFN6O/c2*36-28-8-6-26(7-9-28)22-33(41-32-16-14-31(15-17-32)40-30-12-10-29(37)11-13-30)34(44)42-20-18-35(19-21-42,23-43-25-38-24-39-43)27-4-2-1-3-5-27/h2*6-13,24-25,27,31-33,40-41H,1-5,14-23H2/t2*31?,32?,33-/m11/s1. The van der Waals surface area contributed by atoms with Gasteiger partial charge in [-0.05, 0) is 222 Å². The summed E-state index contributed by atoms with van der Waals surface area (Å²) in [5.41, 5.74) is 4.48. The molecule has 4 aromatic carbocycles. The number of hydrogen-bond donors (Lipinski definition) is 4. The van der Waals surface area contributed by atoms with E-state index in [1.807, 2.05) is 70.5 Å². The Balaban J connectivity index is 0.000000182. The predicted molar refractivity (Wildman–Crippen MR) is 346 cm³/mol. The van der Waals surface area contributed by atoms with E-state index in [0.717, 1.165) is 139 Å². The lowest BCUT2D eigenvalue weighted by molar-refractivity contribution is -0.138. The van der Waals surface area contributed by atoms with Crippen molar-refractivity contribution in [2.75, 3.05) is 36.8 Å². The maximum Gasteiger partial charge on any atom is 0.240 e. The molecule has 2 saturated heterocycles. The summed E-state index contributed by atoms with van der Waals surface area (Å²) in [6.07, 6.45) is 33.3. The predicted octanol–water partition coefficient (Wildman–Crippen LogP) is 13.8. The van der Waals surface area contributed by atoms with Crippen LogP contribution in [0.15, 0.2) is 122 Å². The Hall–Kier alpha value is -5.94. The van der Waals surface area contributed by atoms with Crippen LogP contribution in [0, 0.1) is 34.3 Å². The second-order valence-corrected chi connectivity index (χ2v) is 27.6. The molecule has 18 heteroatoms. The number of nitrogens with one attached hydrogen (secondary N) is 4. The lowest BCUT2D eigenvalue weighted by atomic mass is 9.63. The molecule has 6 aromatic rings. The van der Waals surface area contributed by atoms with Crippen LogP contribution >= 0.6 is 23.2 Å². The average Bonchev–Trinajstić information content (AvgIpc) is 4.25. The molecule has 88 heavy (non-hydrogen) atoms. The number of nitrogens with zero attached hydrogens (tertiary/aromatic N) is 8. The number of likely N-dealkylation sites (tertiary alicyclic amines) is 2. The topological polar surface area (TPSA) is 150 Å². The highest BCUT2D eigenvalue weighted by atomic mass is 35.5. The van der Waals surface area contributed by atoms with Crippen LogP contribution in [0.1, 0.15) is 152 Å². The third-order valence-corrected chi connectivity index (χ3v) is 21.5. The number of benzene rings is 4. The first-order valence-corrected chi connectivity index (χ1v) is 33.9. The number of anilines is 2. The quantitative estimate of drug-likeness (QED) is 0.0582. The van der Waals surface area contributed by atoms with Gasteiger partial charge in [0.05, 0.1) is 12.1 Å². The first-order valence-electron chi connectivity index (χ1n) is 33.2. The lowest BCUT2D eigenvalue weighted by Crippen LogP contribution is -2.55. The van der Waals surface area contributed by atoms with Crippen molar-refractivity contribution >= 4 is 46.4 Å². The Labute approximate surface area is 530 Å². The molecule has 4 aliphatic carbocycles. The minimum atomic E-state index is -0.278. The van der Waals surface area contributed by atoms with Crippen LogP contribution in [-0.4, -0.2) is 114 Å². The Kier molecular flexibility index (Phi) is 22.2. The molecule has 2 aromatic heterocycles. The SMILES string of the molecule is O=C([C@@H](Cc1ccc(Cl)cc1)NC1CCC(Nc2ccc(F)cc2)CC1)N1CCC(Cn2cncn2)(C2CCCCC2)CC1.O=C([C@@H](Cc1ccc(Cl)cc1)NC1CCC(Nc2ccc(F)cc2)CC1)N1CCC(Cn2cncn2)(C2CCCCC2)CC1. The van der Waals surface area contributed by atoms with Crippen LogP contribution < -0.4 is 21.3 Å². The van der Waals surface area contributed by atoms with E-state index in [1.54, 1.807) is 36.9 Å². The minimum Gasteiger partial charge on any atom is -0.382 e. The normalized spacial score (nSPS) is 23.3. The van der Waals surface area contributed by atoms with Gasteiger partial charge in [0, 0.05) is 84.9 Å². The van der Waals surface area contributed by atoms with Crippen molar-refractivity contribution in [2.24, 2.45) is 22.7 Å². The van der Waals surface area contributed by atoms with E-state index in [0.29, 0.717) is 46.8 Å². The lowest BCUT2D eigenvalue weighted by Gasteiger charge is -2.48. The minimum absolute atomic E-state index is 0.167. The number of amides is 2. The van der Waals surface area contributed by atoms with E-state index in [2.05, 4.69) is 51.2 Å². The Morgan fingerprint density at radius 2 is 0.807 bits per heavy atom. The van der Waals surface area contributed by atoms with Crippen LogP contribution in [0.3, 0.4) is 0 Å². The molecule has 0 bridgehead atoms. The van der Waals surface area contributed by atoms with Gasteiger partial charge in [0.15, 0.2) is 0 Å². The molecule has 0 spiro atoms. The third-order valence-electron chi connectivity index (χ3n) is 21.0. The Morgan fingerprint density at radius 1 is 0.466 bits per heavy atom. The van der Waals surface area contributed by atoms with Gasteiger partial charge < -0.3 is 31.1 Å². The van der Waals surface area contributed by atoms with Gasteiger partial charge in [-0.1, -0.05) is 86.0 Å². The fourth-order valence-corrected chi connectivity index (χ4v) is 16.2. The first kappa shape index (κ1) is 63.6. The number of rotatable bonds is 20. The number of carbonyl (C=O) groups excluding carboxylic acids is 2. The summed E-state index contributed by atoms with van der Waals surface area (Å²) in [6, 6.07) is 29.7. The number of aromatic nitrogens is 6. The van der Waals surface area contributed by atoms with Crippen molar-refractivity contribution in [1.82, 2.24) is 50.0 Å². The van der Waals surface area contributed by atoms with Crippen molar-refractivity contribution in [2.45, 2.75) is 203 Å². The summed E-state index contributed by atoms with van der Waals surface area (Å²) in [4.78, 5) is 41.2. The Morgan fingerprint density at radius 3 is 1.14 bits per heavy atom. The molecule has 4 heterocycles. The molecule has 2 atom stereocenters. The molecule has 6 fully saturated rings. The van der Waals surface area contributed by atoms with Gasteiger partial charge in [0.2, 0.25) is 11.8 Å². The summed E-state index contributed by atoms with van der Waals surface area (Å²) in [6.45, 7) is 4.94. The maximum atomic E-state index is 14.2. The number of carbonyl (C=O) groups is 2. The van der Waals surface area contributed by atoms with Crippen molar-refractivity contribution in [3.8, 4) is 0 Å². The van der Waals surface area contributed by atoms with E-state index in [4.69, 9.17) is 23.2 Å². The molecular formula is C70H92Cl2F2N12O2. The summed E-state index contributed by atoms with van der Waals surface area (Å²) < 4.78 is 30.7. The van der Waals surface area contributed by atoms with Gasteiger partial charge >= 0.3 is 0 Å². The molecule has 472 valence electrons. The van der Waals surface area contributed by atoms with Gasteiger partial charge in [-0.2, -0.15) is 10.2 Å². The zero-order valence-corrected chi connectivity index (χ0v) is 52.8. The van der Waals surface area contributed by atoms with Crippen LogP contribution in [-0.2, 0) is 35.5 Å². The summed E-state index contributed by atoms with van der Waals surface area (Å²) in [7, 11) is 0. The zero-order valence-electron chi connectivity index (χ0n) is 51.3. The molecule has 6 aliphatic rings. The molecule has 2 aliphatic heterocycles. The van der Waals surface area contributed by atoms with E-state index < -0.39 is 0 Å². The van der Waals surface area contributed by atoms with Crippen molar-refractivity contribution in [3.05, 3.63) is 155 Å². The highest BCUT2D eigenvalue weighted by Gasteiger charge is 2.46. The average molecular weight is 1240 g/mol. The van der Waals surface area contributed by atoms with Gasteiger partial charge in [-0.3, -0.25) is 19.0 Å². The van der Waals surface area contributed by atoms with Crippen molar-refractivity contribution in [3.63, 3.8) is 0 Å². The molecule has 0 unspecified atom stereocenters. The van der Waals surface area contributed by atoms with Gasteiger partial charge in [-0.25, -0.2) is 18.7 Å². The smallest absolute Gasteiger partial charge is 0.240 e. The molecule has 4 N–H and O–H groups in total. The van der Waals surface area contributed by atoms with Crippen molar-refractivity contribution in [1.29, 1.82) is 0 Å². The van der Waals surface area contributed by atoms with E-state index in [1.165, 1.54) is 88.5 Å². The van der Waals surface area contributed by atoms with E-state index in [-0.39, 0.29) is 58.4 Å². The fourth-order valence-electron chi connectivity index (χ4n) is 16.0. The van der Waals surface area contributed by atoms with E-state index in [9.17, 15) is 18.4 Å². The maximum absolute atomic E-state index is 14.2. The molecular weight excluding hydrogens is 1150 g/mol. The highest BCUT2D eigenvalue weighted by Crippen LogP contribution is 2.49. The van der Waals surface area contributed by atoms with Crippen molar-refractivity contribution < 1.29 is 18.4 Å². The number of piperidine rings is 2. The van der Waals surface area contributed by atoms with Gasteiger partial charge in [0.25, 0.3) is 0 Å². The van der Waals surface area contributed by atoms with Crippen LogP contribution in [0.5, 0.6) is 0 Å². The second kappa shape index (κ2) is 30.7. The second-order valence-electron chi connectivity index (χ2n) is 26.7. The number of halogens is 4. The van der Waals surface area contributed by atoms with Crippen LogP contribution in [0.4, 0.5) is 20.2 Å². The first-order chi connectivity index (χ1) is 42.9. The molecule has 12 rings (SSSR count). The molecule has 14 nitrogen and oxygen atoms in total. The third kappa shape index (κ3) is 17.3.